The molecule has 0 bridgehead atoms. The molecule has 1 rings (SSSR count). The number of nitrogens with zero attached hydrogens (tertiary/aromatic N) is 1. The molecule has 1 N–H and O–H groups in total. The van der Waals surface area contributed by atoms with E-state index < -0.39 is 0 Å². The summed E-state index contributed by atoms with van der Waals surface area (Å²) < 4.78 is 5.03. The second kappa shape index (κ2) is 7.54. The molecule has 0 aromatic carbocycles. The molecular weight excluding hydrogens is 216 g/mol. The maximum atomic E-state index is 11.6. The van der Waals surface area contributed by atoms with Gasteiger partial charge in [0, 0.05) is 19.1 Å². The summed E-state index contributed by atoms with van der Waals surface area (Å²) in [4.78, 5) is 13.4. The van der Waals surface area contributed by atoms with Gasteiger partial charge in [-0.25, -0.2) is 4.79 Å². The molecule has 4 nitrogen and oxygen atoms in total. The number of hydrogen-bond donors (Lipinski definition) is 1. The standard InChI is InChI=1S/C13H26N2O2/c1-4-17-13(16)15-9-5-6-12(10-15)14-8-7-11(2)3/h11-12,14H,4-10H2,1-3H3. The van der Waals surface area contributed by atoms with Gasteiger partial charge in [-0.1, -0.05) is 13.8 Å². The van der Waals surface area contributed by atoms with Gasteiger partial charge in [-0.2, -0.15) is 0 Å². The van der Waals surface area contributed by atoms with Gasteiger partial charge >= 0.3 is 6.09 Å². The molecule has 100 valence electrons. The Kier molecular flexibility index (Phi) is 6.34. The monoisotopic (exact) mass is 242 g/mol. The first kappa shape index (κ1) is 14.3. The van der Waals surface area contributed by atoms with Crippen LogP contribution in [-0.2, 0) is 4.74 Å². The Morgan fingerprint density at radius 1 is 1.53 bits per heavy atom. The molecule has 1 amide bonds. The lowest BCUT2D eigenvalue weighted by Crippen LogP contribution is -2.48. The molecule has 1 unspecified atom stereocenters. The number of amides is 1. The van der Waals surface area contributed by atoms with Crippen molar-refractivity contribution < 1.29 is 9.53 Å². The summed E-state index contributed by atoms with van der Waals surface area (Å²) in [5, 5.41) is 3.53. The van der Waals surface area contributed by atoms with E-state index >= 15 is 0 Å². The van der Waals surface area contributed by atoms with Crippen LogP contribution in [0.5, 0.6) is 0 Å². The van der Waals surface area contributed by atoms with Gasteiger partial charge < -0.3 is 15.0 Å². The zero-order valence-electron chi connectivity index (χ0n) is 11.4. The van der Waals surface area contributed by atoms with Crippen molar-refractivity contribution in [2.75, 3.05) is 26.2 Å². The van der Waals surface area contributed by atoms with Gasteiger partial charge in [-0.3, -0.25) is 0 Å². The van der Waals surface area contributed by atoms with Crippen LogP contribution in [0.15, 0.2) is 0 Å². The van der Waals surface area contributed by atoms with Crippen molar-refractivity contribution in [3.63, 3.8) is 0 Å². The summed E-state index contributed by atoms with van der Waals surface area (Å²) >= 11 is 0. The van der Waals surface area contributed by atoms with Crippen LogP contribution in [0.3, 0.4) is 0 Å². The maximum Gasteiger partial charge on any atom is 0.409 e. The quantitative estimate of drug-likeness (QED) is 0.804. The van der Waals surface area contributed by atoms with Crippen LogP contribution in [0.4, 0.5) is 4.79 Å². The molecule has 1 saturated heterocycles. The average molecular weight is 242 g/mol. The number of hydrogen-bond acceptors (Lipinski definition) is 3. The molecule has 0 aromatic rings. The van der Waals surface area contributed by atoms with E-state index in [4.69, 9.17) is 4.74 Å². The molecule has 0 spiro atoms. The minimum Gasteiger partial charge on any atom is -0.450 e. The molecule has 1 fully saturated rings. The van der Waals surface area contributed by atoms with Gasteiger partial charge in [-0.15, -0.1) is 0 Å². The second-order valence-corrected chi connectivity index (χ2v) is 5.12. The molecule has 0 radical (unpaired) electrons. The molecule has 0 aliphatic carbocycles. The predicted octanol–water partition coefficient (Wildman–Crippen LogP) is 2.24. The highest BCUT2D eigenvalue weighted by Crippen LogP contribution is 2.11. The van der Waals surface area contributed by atoms with Crippen molar-refractivity contribution in [2.24, 2.45) is 5.92 Å². The first-order valence-electron chi connectivity index (χ1n) is 6.78. The highest BCUT2D eigenvalue weighted by Gasteiger charge is 2.23. The highest BCUT2D eigenvalue weighted by molar-refractivity contribution is 5.67. The van der Waals surface area contributed by atoms with Gasteiger partial charge in [0.2, 0.25) is 0 Å². The van der Waals surface area contributed by atoms with Crippen LogP contribution < -0.4 is 5.32 Å². The van der Waals surface area contributed by atoms with Crippen molar-refractivity contribution in [1.29, 1.82) is 0 Å². The third kappa shape index (κ3) is 5.39. The summed E-state index contributed by atoms with van der Waals surface area (Å²) in [5.41, 5.74) is 0. The summed E-state index contributed by atoms with van der Waals surface area (Å²) in [6, 6.07) is 0.437. The maximum absolute atomic E-state index is 11.6. The molecule has 4 heteroatoms. The Balaban J connectivity index is 2.26. The summed E-state index contributed by atoms with van der Waals surface area (Å²) in [6.45, 7) is 9.43. The Bertz CT molecular complexity index is 231. The van der Waals surface area contributed by atoms with E-state index in [1.54, 1.807) is 0 Å². The van der Waals surface area contributed by atoms with Gasteiger partial charge in [0.1, 0.15) is 0 Å². The second-order valence-electron chi connectivity index (χ2n) is 5.12. The number of nitrogens with one attached hydrogen (secondary N) is 1. The SMILES string of the molecule is CCOC(=O)N1CCCC(NCCC(C)C)C1. The zero-order chi connectivity index (χ0) is 12.7. The number of rotatable bonds is 5. The Morgan fingerprint density at radius 3 is 2.94 bits per heavy atom. The first-order chi connectivity index (χ1) is 8.13. The van der Waals surface area contributed by atoms with Crippen LogP contribution >= 0.6 is 0 Å². The third-order valence-corrected chi connectivity index (χ3v) is 3.10. The van der Waals surface area contributed by atoms with Crippen molar-refractivity contribution in [1.82, 2.24) is 10.2 Å². The van der Waals surface area contributed by atoms with E-state index in [-0.39, 0.29) is 6.09 Å². The van der Waals surface area contributed by atoms with Gasteiger partial charge in [0.25, 0.3) is 0 Å². The summed E-state index contributed by atoms with van der Waals surface area (Å²) in [6.07, 6.45) is 3.25. The molecule has 1 aliphatic rings. The third-order valence-electron chi connectivity index (χ3n) is 3.10. The first-order valence-corrected chi connectivity index (χ1v) is 6.78. The number of carbonyl (C=O) groups is 1. The molecular formula is C13H26N2O2. The Morgan fingerprint density at radius 2 is 2.29 bits per heavy atom. The highest BCUT2D eigenvalue weighted by atomic mass is 16.6. The zero-order valence-corrected chi connectivity index (χ0v) is 11.4. The number of ether oxygens (including phenoxy) is 1. The Labute approximate surface area is 105 Å². The number of likely N-dealkylation sites (tertiary alicyclic amines) is 1. The molecule has 1 heterocycles. The fourth-order valence-electron chi connectivity index (χ4n) is 2.10. The predicted molar refractivity (Wildman–Crippen MR) is 69.1 cm³/mol. The largest absolute Gasteiger partial charge is 0.450 e. The lowest BCUT2D eigenvalue weighted by atomic mass is 10.1. The molecule has 0 aromatic heterocycles. The topological polar surface area (TPSA) is 41.6 Å². The minimum absolute atomic E-state index is 0.164. The average Bonchev–Trinajstić information content (AvgIpc) is 2.29. The van der Waals surface area contributed by atoms with Gasteiger partial charge in [0.05, 0.1) is 6.61 Å². The van der Waals surface area contributed by atoms with Crippen molar-refractivity contribution in [3.8, 4) is 0 Å². The van der Waals surface area contributed by atoms with Crippen LogP contribution in [0, 0.1) is 5.92 Å². The van der Waals surface area contributed by atoms with Crippen LogP contribution in [0.1, 0.15) is 40.0 Å². The van der Waals surface area contributed by atoms with E-state index in [0.717, 1.165) is 38.4 Å². The number of piperidine rings is 1. The van der Waals surface area contributed by atoms with Crippen LogP contribution in [-0.4, -0.2) is 43.3 Å². The van der Waals surface area contributed by atoms with Crippen LogP contribution in [0.25, 0.3) is 0 Å². The van der Waals surface area contributed by atoms with Crippen LogP contribution in [0.2, 0.25) is 0 Å². The van der Waals surface area contributed by atoms with Crippen molar-refractivity contribution in [3.05, 3.63) is 0 Å². The minimum atomic E-state index is -0.164. The normalized spacial score (nSPS) is 20.7. The van der Waals surface area contributed by atoms with Crippen molar-refractivity contribution in [2.45, 2.75) is 46.1 Å². The molecule has 1 atom stereocenters. The van der Waals surface area contributed by atoms with E-state index in [0.29, 0.717) is 12.6 Å². The van der Waals surface area contributed by atoms with Crippen molar-refractivity contribution >= 4 is 6.09 Å². The lowest BCUT2D eigenvalue weighted by Gasteiger charge is -2.32. The van der Waals surface area contributed by atoms with E-state index in [9.17, 15) is 4.79 Å². The molecule has 0 saturated carbocycles. The smallest absolute Gasteiger partial charge is 0.409 e. The van der Waals surface area contributed by atoms with Gasteiger partial charge in [0.15, 0.2) is 0 Å². The fraction of sp³-hybridized carbons (Fsp3) is 0.923. The Hall–Kier alpha value is -0.770. The lowest BCUT2D eigenvalue weighted by molar-refractivity contribution is 0.0928. The van der Waals surface area contributed by atoms with E-state index in [1.165, 1.54) is 6.42 Å². The van der Waals surface area contributed by atoms with E-state index in [2.05, 4.69) is 19.2 Å². The van der Waals surface area contributed by atoms with E-state index in [1.807, 2.05) is 11.8 Å². The van der Waals surface area contributed by atoms with Gasteiger partial charge in [-0.05, 0) is 38.6 Å². The summed E-state index contributed by atoms with van der Waals surface area (Å²) in [5.74, 6) is 0.729. The fourth-order valence-corrected chi connectivity index (χ4v) is 2.10. The number of carbonyl (C=O) groups excluding carboxylic acids is 1. The summed E-state index contributed by atoms with van der Waals surface area (Å²) in [7, 11) is 0. The molecule has 1 aliphatic heterocycles. The molecule has 17 heavy (non-hydrogen) atoms.